The van der Waals surface area contributed by atoms with Crippen LogP contribution in [0.15, 0.2) is 41.5 Å². The normalized spacial score (nSPS) is 11.0. The Labute approximate surface area is 107 Å². The van der Waals surface area contributed by atoms with Gasteiger partial charge in [-0.25, -0.2) is 9.78 Å². The maximum atomic E-state index is 12.1. The number of nitrogens with zero attached hydrogens (tertiary/aromatic N) is 2. The Morgan fingerprint density at radius 2 is 1.95 bits per heavy atom. The Morgan fingerprint density at radius 1 is 1.26 bits per heavy atom. The highest BCUT2D eigenvalue weighted by molar-refractivity contribution is 5.96. The number of fused-ring (bicyclic) bond motifs is 3. The van der Waals surface area contributed by atoms with Gasteiger partial charge in [-0.2, -0.15) is 0 Å². The lowest BCUT2D eigenvalue weighted by Crippen LogP contribution is -2.23. The van der Waals surface area contributed by atoms with Crippen LogP contribution in [0.4, 0.5) is 0 Å². The van der Waals surface area contributed by atoms with Gasteiger partial charge in [-0.05, 0) is 17.9 Å². The zero-order valence-electron chi connectivity index (χ0n) is 10.1. The predicted molar refractivity (Wildman–Crippen MR) is 70.7 cm³/mol. The molecular formula is C14H10N2O3. The van der Waals surface area contributed by atoms with Crippen molar-refractivity contribution in [1.29, 1.82) is 0 Å². The van der Waals surface area contributed by atoms with Crippen LogP contribution in [0.1, 0.15) is 15.9 Å². The molecule has 0 fully saturated rings. The SMILES string of the molecule is Cc1cn2c(=O)c(C(=O)O)cnc2c2ccccc12. The van der Waals surface area contributed by atoms with Crippen molar-refractivity contribution in [2.45, 2.75) is 6.92 Å². The molecular weight excluding hydrogens is 244 g/mol. The lowest BCUT2D eigenvalue weighted by Gasteiger charge is -2.08. The van der Waals surface area contributed by atoms with Gasteiger partial charge in [0.2, 0.25) is 0 Å². The Balaban J connectivity index is 2.57. The second-order valence-corrected chi connectivity index (χ2v) is 4.33. The monoisotopic (exact) mass is 254 g/mol. The summed E-state index contributed by atoms with van der Waals surface area (Å²) in [4.78, 5) is 27.2. The molecule has 1 aromatic carbocycles. The van der Waals surface area contributed by atoms with Gasteiger partial charge < -0.3 is 5.11 Å². The fraction of sp³-hybridized carbons (Fsp3) is 0.0714. The lowest BCUT2D eigenvalue weighted by molar-refractivity contribution is 0.0694. The average molecular weight is 254 g/mol. The number of carbonyl (C=O) groups is 1. The first-order valence-electron chi connectivity index (χ1n) is 5.72. The highest BCUT2D eigenvalue weighted by atomic mass is 16.4. The number of carboxylic acid groups (broad SMARTS) is 1. The molecule has 2 aromatic heterocycles. The molecule has 0 bridgehead atoms. The second-order valence-electron chi connectivity index (χ2n) is 4.33. The molecule has 0 radical (unpaired) electrons. The van der Waals surface area contributed by atoms with E-state index < -0.39 is 11.5 Å². The molecule has 94 valence electrons. The third-order valence-electron chi connectivity index (χ3n) is 3.14. The van der Waals surface area contributed by atoms with Crippen LogP contribution >= 0.6 is 0 Å². The molecule has 2 heterocycles. The average Bonchev–Trinajstić information content (AvgIpc) is 2.40. The molecule has 0 aliphatic carbocycles. The smallest absolute Gasteiger partial charge is 0.342 e. The van der Waals surface area contributed by atoms with E-state index in [1.165, 1.54) is 4.40 Å². The number of aromatic carboxylic acids is 1. The van der Waals surface area contributed by atoms with E-state index in [-0.39, 0.29) is 5.56 Å². The highest BCUT2D eigenvalue weighted by Crippen LogP contribution is 2.20. The van der Waals surface area contributed by atoms with Crippen molar-refractivity contribution < 1.29 is 9.90 Å². The fourth-order valence-electron chi connectivity index (χ4n) is 2.22. The number of aryl methyl sites for hydroxylation is 1. The van der Waals surface area contributed by atoms with Crippen LogP contribution in [0.25, 0.3) is 16.4 Å². The summed E-state index contributed by atoms with van der Waals surface area (Å²) >= 11 is 0. The van der Waals surface area contributed by atoms with Crippen molar-refractivity contribution in [1.82, 2.24) is 9.38 Å². The quantitative estimate of drug-likeness (QED) is 0.673. The molecule has 0 saturated carbocycles. The number of carboxylic acids is 1. The van der Waals surface area contributed by atoms with Crippen LogP contribution in [-0.2, 0) is 0 Å². The first kappa shape index (κ1) is 11.4. The van der Waals surface area contributed by atoms with Crippen molar-refractivity contribution in [3.63, 3.8) is 0 Å². The largest absolute Gasteiger partial charge is 0.477 e. The lowest BCUT2D eigenvalue weighted by atomic mass is 10.1. The van der Waals surface area contributed by atoms with Crippen LogP contribution < -0.4 is 5.56 Å². The van der Waals surface area contributed by atoms with Crippen LogP contribution in [0, 0.1) is 6.92 Å². The van der Waals surface area contributed by atoms with Gasteiger partial charge in [-0.1, -0.05) is 24.3 Å². The molecule has 0 saturated heterocycles. The summed E-state index contributed by atoms with van der Waals surface area (Å²) in [5.41, 5.74) is 0.476. The predicted octanol–water partition coefficient (Wildman–Crippen LogP) is 1.85. The molecule has 0 unspecified atom stereocenters. The summed E-state index contributed by atoms with van der Waals surface area (Å²) in [6, 6.07) is 7.58. The Morgan fingerprint density at radius 3 is 2.63 bits per heavy atom. The molecule has 0 amide bonds. The van der Waals surface area contributed by atoms with Crippen LogP contribution in [0.2, 0.25) is 0 Å². The van der Waals surface area contributed by atoms with Crippen molar-refractivity contribution in [3.05, 3.63) is 58.1 Å². The van der Waals surface area contributed by atoms with Gasteiger partial charge in [0.1, 0.15) is 11.2 Å². The Hall–Kier alpha value is -2.69. The van der Waals surface area contributed by atoms with Gasteiger partial charge >= 0.3 is 5.97 Å². The van der Waals surface area contributed by atoms with Gasteiger partial charge in [0.25, 0.3) is 5.56 Å². The van der Waals surface area contributed by atoms with Crippen molar-refractivity contribution in [2.24, 2.45) is 0 Å². The highest BCUT2D eigenvalue weighted by Gasteiger charge is 2.13. The molecule has 19 heavy (non-hydrogen) atoms. The van der Waals surface area contributed by atoms with E-state index in [0.29, 0.717) is 5.65 Å². The molecule has 1 N–H and O–H groups in total. The summed E-state index contributed by atoms with van der Waals surface area (Å²) in [5.74, 6) is -1.27. The zero-order valence-corrected chi connectivity index (χ0v) is 10.1. The molecule has 0 atom stereocenters. The number of hydrogen-bond acceptors (Lipinski definition) is 3. The fourth-order valence-corrected chi connectivity index (χ4v) is 2.22. The molecule has 0 spiro atoms. The van der Waals surface area contributed by atoms with E-state index in [0.717, 1.165) is 22.5 Å². The summed E-state index contributed by atoms with van der Waals surface area (Å²) in [6.07, 6.45) is 2.74. The number of pyridine rings is 1. The Bertz CT molecular complexity index is 881. The minimum absolute atomic E-state index is 0.327. The molecule has 3 rings (SSSR count). The van der Waals surface area contributed by atoms with Gasteiger partial charge in [0.15, 0.2) is 0 Å². The van der Waals surface area contributed by atoms with E-state index in [1.807, 2.05) is 31.2 Å². The van der Waals surface area contributed by atoms with E-state index >= 15 is 0 Å². The van der Waals surface area contributed by atoms with E-state index in [2.05, 4.69) is 4.98 Å². The van der Waals surface area contributed by atoms with Crippen LogP contribution in [0.3, 0.4) is 0 Å². The zero-order chi connectivity index (χ0) is 13.6. The summed E-state index contributed by atoms with van der Waals surface area (Å²) in [5, 5.41) is 10.8. The van der Waals surface area contributed by atoms with E-state index in [9.17, 15) is 9.59 Å². The first-order valence-corrected chi connectivity index (χ1v) is 5.72. The summed E-state index contributed by atoms with van der Waals surface area (Å²) in [6.45, 7) is 1.88. The van der Waals surface area contributed by atoms with Crippen LogP contribution in [0.5, 0.6) is 0 Å². The minimum Gasteiger partial charge on any atom is -0.477 e. The van der Waals surface area contributed by atoms with E-state index in [1.54, 1.807) is 6.20 Å². The number of benzene rings is 1. The molecule has 0 aliphatic heterocycles. The van der Waals surface area contributed by atoms with Crippen molar-refractivity contribution in [2.75, 3.05) is 0 Å². The Kier molecular flexibility index (Phi) is 2.35. The van der Waals surface area contributed by atoms with Crippen molar-refractivity contribution in [3.8, 4) is 0 Å². The standard InChI is InChI=1S/C14H10N2O3/c1-8-7-16-12(10-5-3-2-4-9(8)10)15-6-11(13(16)17)14(18)19/h2-7H,1H3,(H,18,19). The third-order valence-corrected chi connectivity index (χ3v) is 3.14. The minimum atomic E-state index is -1.27. The molecule has 0 aliphatic rings. The summed E-state index contributed by atoms with van der Waals surface area (Å²) < 4.78 is 1.29. The maximum Gasteiger partial charge on any atom is 0.342 e. The number of aromatic nitrogens is 2. The molecule has 5 nitrogen and oxygen atoms in total. The van der Waals surface area contributed by atoms with Gasteiger partial charge in [0.05, 0.1) is 0 Å². The van der Waals surface area contributed by atoms with Gasteiger partial charge in [-0.3, -0.25) is 9.20 Å². The topological polar surface area (TPSA) is 71.7 Å². The number of hydrogen-bond donors (Lipinski definition) is 1. The van der Waals surface area contributed by atoms with Crippen LogP contribution in [-0.4, -0.2) is 20.5 Å². The third kappa shape index (κ3) is 1.59. The summed E-state index contributed by atoms with van der Waals surface area (Å²) in [7, 11) is 0. The molecule has 3 aromatic rings. The van der Waals surface area contributed by atoms with Crippen molar-refractivity contribution >= 4 is 22.4 Å². The number of rotatable bonds is 1. The van der Waals surface area contributed by atoms with Gasteiger partial charge in [0, 0.05) is 17.8 Å². The maximum absolute atomic E-state index is 12.1. The van der Waals surface area contributed by atoms with Gasteiger partial charge in [-0.15, -0.1) is 0 Å². The van der Waals surface area contributed by atoms with E-state index in [4.69, 9.17) is 5.11 Å². The first-order chi connectivity index (χ1) is 9.09. The second kappa shape index (κ2) is 3.91. The molecule has 5 heteroatoms.